The van der Waals surface area contributed by atoms with E-state index in [9.17, 15) is 24.0 Å². The van der Waals surface area contributed by atoms with Gasteiger partial charge < -0.3 is 0 Å². The van der Waals surface area contributed by atoms with Crippen LogP contribution in [0.1, 0.15) is 40.0 Å². The third-order valence-corrected chi connectivity index (χ3v) is 3.86. The molecule has 1 fully saturated rings. The van der Waals surface area contributed by atoms with Gasteiger partial charge in [-0.2, -0.15) is 0 Å². The van der Waals surface area contributed by atoms with Gasteiger partial charge in [0.2, 0.25) is 12.2 Å². The molecule has 1 saturated carbocycles. The monoisotopic (exact) mass is 351 g/mol. The zero-order valence-corrected chi connectivity index (χ0v) is 14.3. The molecule has 0 radical (unpaired) electrons. The number of carbonyl (C=O) groups excluding carboxylic acids is 2. The molecule has 0 saturated heterocycles. The normalized spacial score (nSPS) is 24.0. The molecule has 1 aliphatic rings. The van der Waals surface area contributed by atoms with Crippen molar-refractivity contribution in [1.82, 2.24) is 15.0 Å². The van der Waals surface area contributed by atoms with Crippen LogP contribution in [0.15, 0.2) is 24.4 Å². The number of H-pyrrole nitrogens is 3. The van der Waals surface area contributed by atoms with Crippen molar-refractivity contribution in [3.8, 4) is 0 Å². The molecular weight excluding hydrogens is 330 g/mol. The number of aromatic nitrogens is 3. The van der Waals surface area contributed by atoms with Gasteiger partial charge in [-0.3, -0.25) is 15.0 Å². The number of aromatic amines is 3. The van der Waals surface area contributed by atoms with Crippen molar-refractivity contribution < 1.29 is 9.59 Å². The average molecular weight is 351 g/mol. The van der Waals surface area contributed by atoms with Crippen molar-refractivity contribution in [2.45, 2.75) is 46.1 Å². The van der Waals surface area contributed by atoms with E-state index in [1.54, 1.807) is 27.1 Å². The van der Waals surface area contributed by atoms with Crippen LogP contribution in [0.3, 0.4) is 0 Å². The Morgan fingerprint density at radius 3 is 1.92 bits per heavy atom. The number of hydrogen-bond donors (Lipinski definition) is 3. The lowest BCUT2D eigenvalue weighted by molar-refractivity contribution is 0.0915. The lowest BCUT2D eigenvalue weighted by Gasteiger charge is -2.44. The fraction of sp³-hybridized carbons (Fsp3) is 0.667. The Morgan fingerprint density at radius 2 is 1.48 bits per heavy atom. The Hall–Kier alpha value is -2.83. The van der Waals surface area contributed by atoms with Crippen molar-refractivity contribution in [2.75, 3.05) is 6.54 Å². The summed E-state index contributed by atoms with van der Waals surface area (Å²) in [5, 5.41) is 0. The summed E-state index contributed by atoms with van der Waals surface area (Å²) in [4.78, 5) is 63.9. The first kappa shape index (κ1) is 20.2. The fourth-order valence-electron chi connectivity index (χ4n) is 3.49. The minimum atomic E-state index is -0.802. The van der Waals surface area contributed by atoms with Crippen LogP contribution in [0.25, 0.3) is 0 Å². The highest BCUT2D eigenvalue weighted by atomic mass is 16.2. The van der Waals surface area contributed by atoms with Gasteiger partial charge in [-0.1, -0.05) is 20.8 Å². The van der Waals surface area contributed by atoms with E-state index >= 15 is 0 Å². The van der Waals surface area contributed by atoms with Crippen molar-refractivity contribution in [3.05, 3.63) is 31.5 Å². The van der Waals surface area contributed by atoms with E-state index < -0.39 is 17.1 Å². The van der Waals surface area contributed by atoms with Gasteiger partial charge in [-0.15, -0.1) is 0 Å². The van der Waals surface area contributed by atoms with Crippen LogP contribution in [-0.4, -0.2) is 39.7 Å². The number of rotatable bonds is 3. The molecule has 10 heteroatoms. The Labute approximate surface area is 142 Å². The summed E-state index contributed by atoms with van der Waals surface area (Å²) in [6.45, 7) is 6.86. The second-order valence-corrected chi connectivity index (χ2v) is 7.20. The molecule has 0 bridgehead atoms. The summed E-state index contributed by atoms with van der Waals surface area (Å²) in [7, 11) is 0. The maximum atomic E-state index is 10.3. The standard InChI is InChI=1S/C12H18N2O2.C3H3N3O3/c1-11(2)4-10(14-9-16)5-12(3,6-11)7-13-8-15;7-1-4-2(8)6-3(9)5-1/h10H,4-7H2,1-3H3;(H3,4,5,6,7,8,9). The molecular formula is C15H21N5O5. The van der Waals surface area contributed by atoms with Crippen LogP contribution in [0, 0.1) is 10.8 Å². The highest BCUT2D eigenvalue weighted by molar-refractivity contribution is 5.34. The smallest absolute Gasteiger partial charge is 0.259 e. The van der Waals surface area contributed by atoms with Gasteiger partial charge in [0.1, 0.15) is 0 Å². The third-order valence-electron chi connectivity index (χ3n) is 3.86. The molecule has 2 atom stereocenters. The summed E-state index contributed by atoms with van der Waals surface area (Å²) in [5.74, 6) is 0. The van der Waals surface area contributed by atoms with E-state index in [0.29, 0.717) is 6.54 Å². The van der Waals surface area contributed by atoms with Crippen LogP contribution in [0.5, 0.6) is 0 Å². The van der Waals surface area contributed by atoms with Crippen molar-refractivity contribution in [1.29, 1.82) is 0 Å². The summed E-state index contributed by atoms with van der Waals surface area (Å²) >= 11 is 0. The molecule has 0 aliphatic heterocycles. The molecule has 0 aromatic carbocycles. The summed E-state index contributed by atoms with van der Waals surface area (Å²) < 4.78 is 0. The fourth-order valence-corrected chi connectivity index (χ4v) is 3.49. The maximum Gasteiger partial charge on any atom is 0.330 e. The second-order valence-electron chi connectivity index (χ2n) is 7.20. The Bertz CT molecular complexity index is 775. The molecule has 0 amide bonds. The van der Waals surface area contributed by atoms with Gasteiger partial charge in [-0.25, -0.2) is 34.0 Å². The lowest BCUT2D eigenvalue weighted by atomic mass is 9.63. The number of isocyanates is 2. The number of nitrogens with zero attached hydrogens (tertiary/aromatic N) is 2. The Balaban J connectivity index is 0.000000293. The Kier molecular flexibility index (Phi) is 6.73. The van der Waals surface area contributed by atoms with Gasteiger partial charge in [0.15, 0.2) is 0 Å². The molecule has 25 heavy (non-hydrogen) atoms. The zero-order valence-electron chi connectivity index (χ0n) is 14.3. The summed E-state index contributed by atoms with van der Waals surface area (Å²) in [6, 6.07) is 0.00750. The quantitative estimate of drug-likeness (QED) is 0.515. The van der Waals surface area contributed by atoms with E-state index in [1.165, 1.54) is 0 Å². The molecule has 136 valence electrons. The molecule has 2 rings (SSSR count). The van der Waals surface area contributed by atoms with Gasteiger partial charge >= 0.3 is 17.1 Å². The van der Waals surface area contributed by atoms with Gasteiger partial charge in [0.05, 0.1) is 12.6 Å². The molecule has 1 aromatic rings. The molecule has 1 aromatic heterocycles. The van der Waals surface area contributed by atoms with Crippen LogP contribution in [0.4, 0.5) is 0 Å². The van der Waals surface area contributed by atoms with E-state index in [0.717, 1.165) is 19.3 Å². The van der Waals surface area contributed by atoms with Crippen molar-refractivity contribution in [3.63, 3.8) is 0 Å². The highest BCUT2D eigenvalue weighted by Crippen LogP contribution is 2.47. The predicted molar refractivity (Wildman–Crippen MR) is 88.9 cm³/mol. The average Bonchev–Trinajstić information content (AvgIpc) is 2.42. The molecule has 3 N–H and O–H groups in total. The zero-order chi connectivity index (χ0) is 19.1. The summed E-state index contributed by atoms with van der Waals surface area (Å²) in [5.41, 5.74) is -2.35. The third kappa shape index (κ3) is 7.07. The predicted octanol–water partition coefficient (Wildman–Crippen LogP) is -0.00550. The van der Waals surface area contributed by atoms with Gasteiger partial charge in [0, 0.05) is 0 Å². The largest absolute Gasteiger partial charge is 0.330 e. The SMILES string of the molecule is CC1(C)CC(N=C=O)CC(C)(CN=C=O)C1.O=c1[nH]c(=O)[nH]c(=O)[nH]1. The minimum Gasteiger partial charge on any atom is -0.259 e. The number of aliphatic imine (C=N–C) groups is 2. The number of hydrogen-bond acceptors (Lipinski definition) is 7. The second kappa shape index (κ2) is 8.32. The van der Waals surface area contributed by atoms with Crippen LogP contribution < -0.4 is 17.1 Å². The topological polar surface area (TPSA) is 157 Å². The first-order valence-electron chi connectivity index (χ1n) is 7.63. The highest BCUT2D eigenvalue weighted by Gasteiger charge is 2.41. The molecule has 2 unspecified atom stereocenters. The summed E-state index contributed by atoms with van der Waals surface area (Å²) in [6.07, 6.45) is 5.88. The van der Waals surface area contributed by atoms with E-state index in [1.807, 2.05) is 0 Å². The number of nitrogens with one attached hydrogen (secondary N) is 3. The van der Waals surface area contributed by atoms with Crippen LogP contribution in [-0.2, 0) is 9.59 Å². The van der Waals surface area contributed by atoms with Crippen LogP contribution >= 0.6 is 0 Å². The van der Waals surface area contributed by atoms with Crippen molar-refractivity contribution in [2.24, 2.45) is 20.8 Å². The molecule has 10 nitrogen and oxygen atoms in total. The van der Waals surface area contributed by atoms with E-state index in [4.69, 9.17) is 0 Å². The minimum absolute atomic E-state index is 0.00750. The molecule has 1 heterocycles. The van der Waals surface area contributed by atoms with E-state index in [-0.39, 0.29) is 16.9 Å². The van der Waals surface area contributed by atoms with Crippen molar-refractivity contribution >= 4 is 12.2 Å². The van der Waals surface area contributed by atoms with Gasteiger partial charge in [-0.05, 0) is 30.1 Å². The lowest BCUT2D eigenvalue weighted by Crippen LogP contribution is -2.39. The van der Waals surface area contributed by atoms with Crippen LogP contribution in [0.2, 0.25) is 0 Å². The molecule has 0 spiro atoms. The first-order chi connectivity index (χ1) is 11.6. The van der Waals surface area contributed by atoms with Gasteiger partial charge in [0.25, 0.3) is 0 Å². The Morgan fingerprint density at radius 1 is 0.960 bits per heavy atom. The van der Waals surface area contributed by atoms with E-state index in [2.05, 4.69) is 30.8 Å². The maximum absolute atomic E-state index is 10.3. The first-order valence-corrected chi connectivity index (χ1v) is 7.63. The molecule has 1 aliphatic carbocycles.